The Hall–Kier alpha value is -1.62. The number of aryl methyl sites for hydroxylation is 2. The normalized spacial score (nSPS) is 11.1. The maximum absolute atomic E-state index is 6.12. The fraction of sp³-hybridized carbons (Fsp3) is 0.462. The van der Waals surface area contributed by atoms with Gasteiger partial charge in [-0.3, -0.25) is 0 Å². The molecular weight excluding hydrogens is 264 g/mol. The molecule has 2 heterocycles. The smallest absolute Gasteiger partial charge is 0.229 e. The molecule has 0 fully saturated rings. The van der Waals surface area contributed by atoms with Gasteiger partial charge in [-0.05, 0) is 13.8 Å². The summed E-state index contributed by atoms with van der Waals surface area (Å²) in [6.07, 6.45) is 0. The molecule has 0 atom stereocenters. The number of ether oxygens (including phenoxy) is 1. The van der Waals surface area contributed by atoms with Crippen LogP contribution >= 0.6 is 11.6 Å². The van der Waals surface area contributed by atoms with E-state index in [4.69, 9.17) is 16.3 Å². The molecule has 0 aliphatic heterocycles. The maximum atomic E-state index is 6.12. The first kappa shape index (κ1) is 13.8. The third-order valence-electron chi connectivity index (χ3n) is 2.74. The van der Waals surface area contributed by atoms with Gasteiger partial charge in [-0.1, -0.05) is 25.4 Å². The predicted molar refractivity (Wildman–Crippen MR) is 73.9 cm³/mol. The molecule has 0 unspecified atom stereocenters. The summed E-state index contributed by atoms with van der Waals surface area (Å²) in [7, 11) is 1.82. The molecule has 0 aliphatic carbocycles. The second-order valence-electron chi connectivity index (χ2n) is 4.81. The highest BCUT2D eigenvalue weighted by molar-refractivity contribution is 6.30. The first-order valence-electron chi connectivity index (χ1n) is 6.11. The van der Waals surface area contributed by atoms with E-state index in [1.165, 1.54) is 0 Å². The van der Waals surface area contributed by atoms with Gasteiger partial charge in [0.1, 0.15) is 11.0 Å². The summed E-state index contributed by atoms with van der Waals surface area (Å²) in [5.74, 6) is 1.97. The zero-order valence-corrected chi connectivity index (χ0v) is 12.5. The van der Waals surface area contributed by atoms with Gasteiger partial charge in [0.15, 0.2) is 0 Å². The molecule has 2 rings (SSSR count). The van der Waals surface area contributed by atoms with Crippen LogP contribution in [0.3, 0.4) is 0 Å². The zero-order chi connectivity index (χ0) is 14.2. The lowest BCUT2D eigenvalue weighted by atomic mass is 10.2. The van der Waals surface area contributed by atoms with Crippen LogP contribution in [0.15, 0.2) is 6.07 Å². The second kappa shape index (κ2) is 5.17. The monoisotopic (exact) mass is 280 g/mol. The summed E-state index contributed by atoms with van der Waals surface area (Å²) in [5, 5.41) is 4.66. The Morgan fingerprint density at radius 1 is 1.26 bits per heavy atom. The predicted octanol–water partition coefficient (Wildman–Crippen LogP) is 3.40. The fourth-order valence-electron chi connectivity index (χ4n) is 1.62. The van der Waals surface area contributed by atoms with Crippen molar-refractivity contribution in [3.05, 3.63) is 28.3 Å². The number of halogens is 1. The second-order valence-corrected chi connectivity index (χ2v) is 5.17. The van der Waals surface area contributed by atoms with Crippen molar-refractivity contribution in [1.82, 2.24) is 19.7 Å². The molecule has 0 saturated carbocycles. The molecule has 0 radical (unpaired) electrons. The van der Waals surface area contributed by atoms with Crippen molar-refractivity contribution in [3.63, 3.8) is 0 Å². The van der Waals surface area contributed by atoms with Gasteiger partial charge in [0.2, 0.25) is 11.8 Å². The van der Waals surface area contributed by atoms with Crippen LogP contribution in [0.1, 0.15) is 36.8 Å². The van der Waals surface area contributed by atoms with E-state index < -0.39 is 0 Å². The Kier molecular flexibility index (Phi) is 3.75. The minimum absolute atomic E-state index is 0.189. The van der Waals surface area contributed by atoms with Crippen molar-refractivity contribution in [3.8, 4) is 11.8 Å². The van der Waals surface area contributed by atoms with Crippen molar-refractivity contribution in [1.29, 1.82) is 0 Å². The molecule has 0 aromatic carbocycles. The fourth-order valence-corrected chi connectivity index (χ4v) is 1.79. The minimum atomic E-state index is 0.189. The van der Waals surface area contributed by atoms with Crippen molar-refractivity contribution < 1.29 is 4.74 Å². The first-order valence-corrected chi connectivity index (χ1v) is 6.48. The molecule has 2 aromatic heterocycles. The molecule has 0 spiro atoms. The molecule has 5 nitrogen and oxygen atoms in total. The number of nitrogens with zero attached hydrogens (tertiary/aromatic N) is 4. The number of hydrogen-bond donors (Lipinski definition) is 0. The number of rotatable bonds is 3. The van der Waals surface area contributed by atoms with Gasteiger partial charge in [0.05, 0.1) is 5.69 Å². The van der Waals surface area contributed by atoms with Crippen LogP contribution in [0.25, 0.3) is 0 Å². The summed E-state index contributed by atoms with van der Waals surface area (Å²) < 4.78 is 7.46. The van der Waals surface area contributed by atoms with Crippen LogP contribution in [-0.4, -0.2) is 19.7 Å². The Morgan fingerprint density at radius 2 is 1.95 bits per heavy atom. The van der Waals surface area contributed by atoms with Crippen LogP contribution in [0.4, 0.5) is 0 Å². The molecule has 0 N–H and O–H groups in total. The van der Waals surface area contributed by atoms with Crippen molar-refractivity contribution in [2.45, 2.75) is 33.6 Å². The lowest BCUT2D eigenvalue weighted by Gasteiger charge is -2.11. The van der Waals surface area contributed by atoms with Gasteiger partial charge in [-0.25, -0.2) is 9.67 Å². The zero-order valence-electron chi connectivity index (χ0n) is 11.7. The van der Waals surface area contributed by atoms with Crippen LogP contribution < -0.4 is 4.74 Å². The summed E-state index contributed by atoms with van der Waals surface area (Å²) in [6, 6.07) is 1.85. The molecule has 6 heteroatoms. The molecular formula is C13H17ClN4O. The summed E-state index contributed by atoms with van der Waals surface area (Å²) >= 11 is 6.12. The van der Waals surface area contributed by atoms with Crippen LogP contribution in [0, 0.1) is 13.8 Å². The van der Waals surface area contributed by atoms with Crippen molar-refractivity contribution in [2.75, 3.05) is 0 Å². The van der Waals surface area contributed by atoms with E-state index in [0.29, 0.717) is 22.7 Å². The van der Waals surface area contributed by atoms with Gasteiger partial charge in [0.25, 0.3) is 0 Å². The minimum Gasteiger partial charge on any atom is -0.421 e. The van der Waals surface area contributed by atoms with Gasteiger partial charge in [-0.2, -0.15) is 10.1 Å². The topological polar surface area (TPSA) is 52.8 Å². The highest BCUT2D eigenvalue weighted by atomic mass is 35.5. The van der Waals surface area contributed by atoms with Crippen LogP contribution in [0.5, 0.6) is 11.8 Å². The van der Waals surface area contributed by atoms with Crippen LogP contribution in [0.2, 0.25) is 5.15 Å². The Balaban J connectivity index is 2.41. The Bertz CT molecular complexity index is 607. The average Bonchev–Trinajstić information content (AvgIpc) is 2.63. The Morgan fingerprint density at radius 3 is 2.47 bits per heavy atom. The lowest BCUT2D eigenvalue weighted by Crippen LogP contribution is -2.04. The number of aromatic nitrogens is 4. The van der Waals surface area contributed by atoms with Gasteiger partial charge in [0, 0.05) is 24.6 Å². The molecule has 2 aromatic rings. The van der Waals surface area contributed by atoms with Crippen molar-refractivity contribution >= 4 is 11.6 Å². The highest BCUT2D eigenvalue weighted by Gasteiger charge is 2.15. The lowest BCUT2D eigenvalue weighted by molar-refractivity contribution is 0.408. The SMILES string of the molecule is Cc1cc(Oc2nc(C(C)C)nc(Cl)c2C)n(C)n1. The average molecular weight is 281 g/mol. The first-order chi connectivity index (χ1) is 8.88. The summed E-state index contributed by atoms with van der Waals surface area (Å²) in [6.45, 7) is 7.77. The van der Waals surface area contributed by atoms with E-state index in [-0.39, 0.29) is 5.92 Å². The molecule has 0 aliphatic rings. The molecule has 102 valence electrons. The van der Waals surface area contributed by atoms with E-state index in [0.717, 1.165) is 11.3 Å². The van der Waals surface area contributed by atoms with E-state index in [2.05, 4.69) is 15.1 Å². The third kappa shape index (κ3) is 2.87. The standard InChI is InChI=1S/C13H17ClN4O/c1-7(2)12-15-11(14)9(4)13(16-12)19-10-6-8(3)17-18(10)5/h6-7H,1-5H3. The summed E-state index contributed by atoms with van der Waals surface area (Å²) in [4.78, 5) is 8.67. The van der Waals surface area contributed by atoms with E-state index >= 15 is 0 Å². The molecule has 0 saturated heterocycles. The van der Waals surface area contributed by atoms with E-state index in [1.54, 1.807) is 4.68 Å². The summed E-state index contributed by atoms with van der Waals surface area (Å²) in [5.41, 5.74) is 1.62. The molecule has 0 amide bonds. The van der Waals surface area contributed by atoms with E-state index in [1.807, 2.05) is 40.8 Å². The van der Waals surface area contributed by atoms with E-state index in [9.17, 15) is 0 Å². The Labute approximate surface area is 117 Å². The molecule has 19 heavy (non-hydrogen) atoms. The van der Waals surface area contributed by atoms with Crippen LogP contribution in [-0.2, 0) is 7.05 Å². The highest BCUT2D eigenvalue weighted by Crippen LogP contribution is 2.28. The number of hydrogen-bond acceptors (Lipinski definition) is 4. The molecule has 0 bridgehead atoms. The van der Waals surface area contributed by atoms with Gasteiger partial charge >= 0.3 is 0 Å². The van der Waals surface area contributed by atoms with Crippen molar-refractivity contribution in [2.24, 2.45) is 7.05 Å². The van der Waals surface area contributed by atoms with Gasteiger partial charge in [-0.15, -0.1) is 0 Å². The van der Waals surface area contributed by atoms with Gasteiger partial charge < -0.3 is 4.74 Å². The maximum Gasteiger partial charge on any atom is 0.229 e. The largest absolute Gasteiger partial charge is 0.421 e. The third-order valence-corrected chi connectivity index (χ3v) is 3.10. The quantitative estimate of drug-likeness (QED) is 0.809.